The van der Waals surface area contributed by atoms with Crippen LogP contribution in [-0.2, 0) is 4.74 Å². The molecule has 1 nitrogen and oxygen atoms in total. The summed E-state index contributed by atoms with van der Waals surface area (Å²) in [6.45, 7) is 10.5. The summed E-state index contributed by atoms with van der Waals surface area (Å²) in [5, 5.41) is 0. The molecule has 1 aliphatic heterocycles. The van der Waals surface area contributed by atoms with Gasteiger partial charge >= 0.3 is 0 Å². The van der Waals surface area contributed by atoms with Crippen molar-refractivity contribution in [2.45, 2.75) is 44.3 Å². The minimum atomic E-state index is -0.926. The summed E-state index contributed by atoms with van der Waals surface area (Å²) < 4.78 is 5.39. The van der Waals surface area contributed by atoms with Gasteiger partial charge < -0.3 is 4.74 Å². The maximum atomic E-state index is 5.39. The monoisotopic (exact) mass is 214 g/mol. The highest BCUT2D eigenvalue weighted by molar-refractivity contribution is 7.14. The second-order valence-electron chi connectivity index (χ2n) is 5.35. The second-order valence-corrected chi connectivity index (χ2v) is 16.1. The van der Waals surface area contributed by atoms with Crippen molar-refractivity contribution in [3.63, 3.8) is 0 Å². The molecule has 0 N–H and O–H groups in total. The van der Waals surface area contributed by atoms with Crippen LogP contribution >= 0.6 is 0 Å². The van der Waals surface area contributed by atoms with Crippen molar-refractivity contribution in [2.24, 2.45) is 0 Å². The number of ether oxygens (including phenoxy) is 1. The summed E-state index contributed by atoms with van der Waals surface area (Å²) in [4.78, 5) is 0. The van der Waals surface area contributed by atoms with Gasteiger partial charge in [0.2, 0.25) is 0 Å². The molecule has 0 aromatic rings. The molecule has 0 amide bonds. The van der Waals surface area contributed by atoms with Crippen molar-refractivity contribution in [1.29, 1.82) is 0 Å². The van der Waals surface area contributed by atoms with Crippen molar-refractivity contribution in [3.8, 4) is 0 Å². The first kappa shape index (κ1) is 11.1. The van der Waals surface area contributed by atoms with E-state index in [0.717, 1.165) is 13.0 Å². The summed E-state index contributed by atoms with van der Waals surface area (Å²) in [6.07, 6.45) is 3.09. The Morgan fingerprint density at radius 3 is 2.31 bits per heavy atom. The van der Waals surface area contributed by atoms with Gasteiger partial charge in [-0.05, 0) is 6.42 Å². The Labute approximate surface area is 84.2 Å². The van der Waals surface area contributed by atoms with Gasteiger partial charge in [-0.2, -0.15) is 0 Å². The fourth-order valence-corrected chi connectivity index (χ4v) is 21.1. The summed E-state index contributed by atoms with van der Waals surface area (Å²) in [7, 11) is -1.63. The average molecular weight is 214 g/mol. The third-order valence-corrected chi connectivity index (χ3v) is 17.7. The van der Waals surface area contributed by atoms with Crippen LogP contribution in [0.1, 0.15) is 13.3 Å². The maximum Gasteiger partial charge on any atom is 0.0870 e. The molecule has 0 spiro atoms. The van der Waals surface area contributed by atoms with Gasteiger partial charge in [-0.3, -0.25) is 0 Å². The lowest BCUT2D eigenvalue weighted by Crippen LogP contribution is -2.56. The SMILES string of the molecule is CCCO/C=C/[Si]1(C)C[Si](C)(C)C1. The molecule has 0 aliphatic carbocycles. The van der Waals surface area contributed by atoms with Crippen molar-refractivity contribution in [3.05, 3.63) is 12.0 Å². The van der Waals surface area contributed by atoms with Gasteiger partial charge in [0, 0.05) is 8.07 Å². The van der Waals surface area contributed by atoms with Gasteiger partial charge in [0.05, 0.1) is 20.9 Å². The molecule has 13 heavy (non-hydrogen) atoms. The fraction of sp³-hybridized carbons (Fsp3) is 0.800. The molecule has 1 rings (SSSR count). The Balaban J connectivity index is 2.26. The predicted molar refractivity (Wildman–Crippen MR) is 64.1 cm³/mol. The third kappa shape index (κ3) is 3.31. The number of rotatable bonds is 4. The van der Waals surface area contributed by atoms with Crippen LogP contribution in [0.15, 0.2) is 12.0 Å². The van der Waals surface area contributed by atoms with Crippen LogP contribution in [0.2, 0.25) is 31.0 Å². The largest absolute Gasteiger partial charge is 0.502 e. The Morgan fingerprint density at radius 2 is 1.85 bits per heavy atom. The van der Waals surface area contributed by atoms with Crippen molar-refractivity contribution >= 4 is 16.1 Å². The van der Waals surface area contributed by atoms with Crippen molar-refractivity contribution < 1.29 is 4.74 Å². The zero-order valence-corrected chi connectivity index (χ0v) is 11.4. The summed E-state index contributed by atoms with van der Waals surface area (Å²) in [6, 6.07) is 0. The minimum absolute atomic E-state index is 0.700. The smallest absolute Gasteiger partial charge is 0.0870 e. The van der Waals surface area contributed by atoms with E-state index in [-0.39, 0.29) is 0 Å². The first-order chi connectivity index (χ1) is 5.97. The Bertz CT molecular complexity index is 191. The standard InChI is InChI=1S/C10H22OSi2/c1-5-6-11-7-8-13(4)9-12(2,3)10-13/h7-8H,5-6,9-10H2,1-4H3/b8-7+. The lowest BCUT2D eigenvalue weighted by molar-refractivity contribution is 0.250. The highest BCUT2D eigenvalue weighted by atomic mass is 28.5. The van der Waals surface area contributed by atoms with E-state index >= 15 is 0 Å². The summed E-state index contributed by atoms with van der Waals surface area (Å²) in [5.74, 6) is 0. The lowest BCUT2D eigenvalue weighted by Gasteiger charge is -2.46. The lowest BCUT2D eigenvalue weighted by atomic mass is 10.5. The minimum Gasteiger partial charge on any atom is -0.502 e. The van der Waals surface area contributed by atoms with E-state index < -0.39 is 16.1 Å². The molecule has 1 fully saturated rings. The van der Waals surface area contributed by atoms with E-state index in [9.17, 15) is 0 Å². The molecule has 0 saturated carbocycles. The van der Waals surface area contributed by atoms with Crippen molar-refractivity contribution in [2.75, 3.05) is 6.61 Å². The predicted octanol–water partition coefficient (Wildman–Crippen LogP) is 3.34. The molecule has 0 aromatic carbocycles. The molecule has 0 radical (unpaired) electrons. The Hall–Kier alpha value is -0.0262. The zero-order chi connectivity index (χ0) is 9.95. The average Bonchev–Trinajstić information content (AvgIpc) is 1.94. The van der Waals surface area contributed by atoms with Crippen molar-refractivity contribution in [1.82, 2.24) is 0 Å². The van der Waals surface area contributed by atoms with E-state index in [1.54, 1.807) is 11.3 Å². The van der Waals surface area contributed by atoms with Crippen LogP contribution in [0.25, 0.3) is 0 Å². The first-order valence-corrected chi connectivity index (χ1v) is 11.7. The molecule has 1 heterocycles. The summed E-state index contributed by atoms with van der Waals surface area (Å²) in [5.41, 5.74) is 5.53. The molecular weight excluding hydrogens is 192 g/mol. The van der Waals surface area contributed by atoms with Gasteiger partial charge in [0.1, 0.15) is 0 Å². The molecular formula is C10H22OSi2. The van der Waals surface area contributed by atoms with Crippen LogP contribution < -0.4 is 0 Å². The van der Waals surface area contributed by atoms with E-state index in [2.05, 4.69) is 32.3 Å². The van der Waals surface area contributed by atoms with Gasteiger partial charge in [0.25, 0.3) is 0 Å². The van der Waals surface area contributed by atoms with Crippen LogP contribution in [-0.4, -0.2) is 22.8 Å². The van der Waals surface area contributed by atoms with E-state index in [1.165, 1.54) is 0 Å². The maximum absolute atomic E-state index is 5.39. The van der Waals surface area contributed by atoms with E-state index in [1.807, 2.05) is 6.26 Å². The van der Waals surface area contributed by atoms with Crippen LogP contribution in [0, 0.1) is 0 Å². The molecule has 1 saturated heterocycles. The summed E-state index contributed by atoms with van der Waals surface area (Å²) >= 11 is 0. The molecule has 0 bridgehead atoms. The molecule has 0 atom stereocenters. The third-order valence-electron chi connectivity index (χ3n) is 2.65. The highest BCUT2D eigenvalue weighted by Gasteiger charge is 2.46. The Kier molecular flexibility index (Phi) is 3.40. The highest BCUT2D eigenvalue weighted by Crippen LogP contribution is 2.40. The van der Waals surface area contributed by atoms with Crippen LogP contribution in [0.5, 0.6) is 0 Å². The molecule has 3 heteroatoms. The Morgan fingerprint density at radius 1 is 1.23 bits per heavy atom. The van der Waals surface area contributed by atoms with Gasteiger partial charge in [0.15, 0.2) is 0 Å². The van der Waals surface area contributed by atoms with Crippen LogP contribution in [0.3, 0.4) is 0 Å². The van der Waals surface area contributed by atoms with Crippen LogP contribution in [0.4, 0.5) is 0 Å². The fourth-order valence-electron chi connectivity index (χ4n) is 2.65. The first-order valence-electron chi connectivity index (χ1n) is 5.27. The van der Waals surface area contributed by atoms with E-state index in [4.69, 9.17) is 4.74 Å². The topological polar surface area (TPSA) is 9.23 Å². The molecule has 76 valence electrons. The van der Waals surface area contributed by atoms with Gasteiger partial charge in [-0.1, -0.05) is 43.6 Å². The molecule has 0 unspecified atom stereocenters. The van der Waals surface area contributed by atoms with Gasteiger partial charge in [-0.15, -0.1) is 0 Å². The zero-order valence-electron chi connectivity index (χ0n) is 9.39. The normalized spacial score (nSPS) is 24.3. The number of hydrogen-bond acceptors (Lipinski definition) is 1. The number of hydrogen-bond donors (Lipinski definition) is 0. The van der Waals surface area contributed by atoms with E-state index in [0.29, 0.717) is 0 Å². The van der Waals surface area contributed by atoms with Gasteiger partial charge in [-0.25, -0.2) is 0 Å². The molecule has 1 aliphatic rings. The second kappa shape index (κ2) is 4.01. The quantitative estimate of drug-likeness (QED) is 0.396. The molecule has 0 aromatic heterocycles.